The van der Waals surface area contributed by atoms with Gasteiger partial charge in [-0.05, 0) is 42.5 Å². The topological polar surface area (TPSA) is 27.1 Å². The summed E-state index contributed by atoms with van der Waals surface area (Å²) in [6.45, 7) is 0.413. The molecule has 0 N–H and O–H groups in total. The van der Waals surface area contributed by atoms with E-state index in [2.05, 4.69) is 5.10 Å². The molecule has 0 saturated carbocycles. The van der Waals surface area contributed by atoms with Crippen molar-refractivity contribution in [2.75, 3.05) is 6.61 Å². The van der Waals surface area contributed by atoms with E-state index >= 15 is 0 Å². The summed E-state index contributed by atoms with van der Waals surface area (Å²) in [6, 6.07) is 5.86. The highest BCUT2D eigenvalue weighted by atomic mass is 19.4. The lowest BCUT2D eigenvalue weighted by atomic mass is 10.1. The van der Waals surface area contributed by atoms with Crippen LogP contribution in [0.1, 0.15) is 34.5 Å². The van der Waals surface area contributed by atoms with Gasteiger partial charge in [0.15, 0.2) is 5.69 Å². The monoisotopic (exact) mass is 308 g/mol. The fraction of sp³-hybridized carbons (Fsp3) is 0.438. The van der Waals surface area contributed by atoms with Crippen molar-refractivity contribution in [2.24, 2.45) is 0 Å². The van der Waals surface area contributed by atoms with Crippen molar-refractivity contribution in [2.45, 2.75) is 38.5 Å². The highest BCUT2D eigenvalue weighted by molar-refractivity contribution is 5.45. The summed E-state index contributed by atoms with van der Waals surface area (Å²) in [5.41, 5.74) is 3.22. The van der Waals surface area contributed by atoms with Crippen LogP contribution in [0, 0.1) is 0 Å². The Morgan fingerprint density at radius 2 is 1.91 bits per heavy atom. The van der Waals surface area contributed by atoms with Crippen LogP contribution in [0.2, 0.25) is 0 Å². The van der Waals surface area contributed by atoms with E-state index in [0.29, 0.717) is 24.4 Å². The number of fused-ring (bicyclic) bond motifs is 2. The second-order valence-electron chi connectivity index (χ2n) is 5.79. The first kappa shape index (κ1) is 13.8. The van der Waals surface area contributed by atoms with E-state index in [0.717, 1.165) is 19.3 Å². The van der Waals surface area contributed by atoms with E-state index in [1.54, 1.807) is 0 Å². The standard InChI is InChI=1S/C16H15F3N2O/c17-16(18,19)15-13-9-22-7-6-14(13)21(20-15)12-5-4-10-2-1-3-11(10)8-12/h4-5,8H,1-3,6-7,9H2. The smallest absolute Gasteiger partial charge is 0.376 e. The molecule has 1 aliphatic heterocycles. The number of hydrogen-bond donors (Lipinski definition) is 0. The van der Waals surface area contributed by atoms with E-state index in [-0.39, 0.29) is 12.2 Å². The number of aryl methyl sites for hydroxylation is 2. The van der Waals surface area contributed by atoms with Crippen LogP contribution in [-0.4, -0.2) is 16.4 Å². The van der Waals surface area contributed by atoms with Gasteiger partial charge in [-0.2, -0.15) is 18.3 Å². The summed E-state index contributed by atoms with van der Waals surface area (Å²) in [6.07, 6.45) is -0.851. The average Bonchev–Trinajstić information content (AvgIpc) is 3.10. The molecule has 2 heterocycles. The van der Waals surface area contributed by atoms with Crippen LogP contribution < -0.4 is 0 Å². The second-order valence-corrected chi connectivity index (χ2v) is 5.79. The molecule has 1 aliphatic carbocycles. The normalized spacial score (nSPS) is 17.4. The maximum atomic E-state index is 13.2. The quantitative estimate of drug-likeness (QED) is 0.807. The van der Waals surface area contributed by atoms with Crippen molar-refractivity contribution in [3.8, 4) is 5.69 Å². The molecule has 0 radical (unpaired) electrons. The summed E-state index contributed by atoms with van der Waals surface area (Å²) >= 11 is 0. The zero-order valence-electron chi connectivity index (χ0n) is 11.9. The van der Waals surface area contributed by atoms with Gasteiger partial charge in [0.2, 0.25) is 0 Å². The molecule has 0 atom stereocenters. The molecule has 0 bridgehead atoms. The van der Waals surface area contributed by atoms with Crippen LogP contribution in [0.15, 0.2) is 18.2 Å². The molecular formula is C16H15F3N2O. The first-order valence-electron chi connectivity index (χ1n) is 7.42. The number of aromatic nitrogens is 2. The average molecular weight is 308 g/mol. The number of ether oxygens (including phenoxy) is 1. The van der Waals surface area contributed by atoms with Gasteiger partial charge >= 0.3 is 6.18 Å². The number of nitrogens with zero attached hydrogens (tertiary/aromatic N) is 2. The van der Waals surface area contributed by atoms with Crippen LogP contribution >= 0.6 is 0 Å². The second kappa shape index (κ2) is 4.84. The SMILES string of the molecule is FC(F)(F)c1nn(-c2ccc3c(c2)CCC3)c2c1COCC2. The fourth-order valence-electron chi connectivity index (χ4n) is 3.37. The third kappa shape index (κ3) is 2.13. The number of halogens is 3. The number of hydrogen-bond acceptors (Lipinski definition) is 2. The van der Waals surface area contributed by atoms with Crippen molar-refractivity contribution < 1.29 is 17.9 Å². The summed E-state index contributed by atoms with van der Waals surface area (Å²) in [5, 5.41) is 3.87. The molecular weight excluding hydrogens is 293 g/mol. The molecule has 0 saturated heterocycles. The van der Waals surface area contributed by atoms with E-state index in [4.69, 9.17) is 4.74 Å². The zero-order chi connectivity index (χ0) is 15.3. The minimum atomic E-state index is -4.45. The van der Waals surface area contributed by atoms with Gasteiger partial charge in [0.25, 0.3) is 0 Å². The molecule has 0 amide bonds. The molecule has 0 unspecified atom stereocenters. The molecule has 1 aromatic heterocycles. The number of alkyl halides is 3. The van der Waals surface area contributed by atoms with Gasteiger partial charge in [-0.25, -0.2) is 4.68 Å². The van der Waals surface area contributed by atoms with Gasteiger partial charge in [0, 0.05) is 12.0 Å². The largest absolute Gasteiger partial charge is 0.435 e. The molecule has 2 aliphatic rings. The third-order valence-corrected chi connectivity index (χ3v) is 4.41. The maximum absolute atomic E-state index is 13.2. The van der Waals surface area contributed by atoms with Crippen LogP contribution in [0.4, 0.5) is 13.2 Å². The number of benzene rings is 1. The Balaban J connectivity index is 1.86. The molecule has 1 aromatic carbocycles. The minimum absolute atomic E-state index is 0.0187. The summed E-state index contributed by atoms with van der Waals surface area (Å²) < 4.78 is 46.2. The molecule has 116 valence electrons. The Labute approximate surface area is 125 Å². The summed E-state index contributed by atoms with van der Waals surface area (Å²) in [7, 11) is 0. The molecule has 2 aromatic rings. The van der Waals surface area contributed by atoms with E-state index < -0.39 is 11.9 Å². The first-order valence-corrected chi connectivity index (χ1v) is 7.42. The first-order chi connectivity index (χ1) is 10.5. The van der Waals surface area contributed by atoms with Crippen molar-refractivity contribution >= 4 is 0 Å². The minimum Gasteiger partial charge on any atom is -0.376 e. The fourth-order valence-corrected chi connectivity index (χ4v) is 3.37. The van der Waals surface area contributed by atoms with E-state index in [1.807, 2.05) is 18.2 Å². The van der Waals surface area contributed by atoms with Gasteiger partial charge in [-0.15, -0.1) is 0 Å². The third-order valence-electron chi connectivity index (χ3n) is 4.41. The van der Waals surface area contributed by atoms with Crippen LogP contribution in [0.25, 0.3) is 5.69 Å². The Bertz CT molecular complexity index is 734. The Morgan fingerprint density at radius 3 is 2.73 bits per heavy atom. The Kier molecular flexibility index (Phi) is 3.04. The van der Waals surface area contributed by atoms with Gasteiger partial charge < -0.3 is 4.74 Å². The number of rotatable bonds is 1. The predicted molar refractivity (Wildman–Crippen MR) is 74.0 cm³/mol. The molecule has 3 nitrogen and oxygen atoms in total. The predicted octanol–water partition coefficient (Wildman–Crippen LogP) is 3.45. The lowest BCUT2D eigenvalue weighted by molar-refractivity contribution is -0.142. The van der Waals surface area contributed by atoms with Crippen molar-refractivity contribution in [1.82, 2.24) is 9.78 Å². The molecule has 0 spiro atoms. The van der Waals surface area contributed by atoms with E-state index in [1.165, 1.54) is 15.8 Å². The van der Waals surface area contributed by atoms with E-state index in [9.17, 15) is 13.2 Å². The zero-order valence-corrected chi connectivity index (χ0v) is 11.9. The lowest BCUT2D eigenvalue weighted by Crippen LogP contribution is -2.15. The molecule has 6 heteroatoms. The maximum Gasteiger partial charge on any atom is 0.435 e. The summed E-state index contributed by atoms with van der Waals surface area (Å²) in [5.74, 6) is 0. The molecule has 4 rings (SSSR count). The lowest BCUT2D eigenvalue weighted by Gasteiger charge is -2.16. The molecule has 0 fully saturated rings. The highest BCUT2D eigenvalue weighted by Crippen LogP contribution is 2.36. The van der Waals surface area contributed by atoms with Crippen molar-refractivity contribution in [1.29, 1.82) is 0 Å². The van der Waals surface area contributed by atoms with Gasteiger partial charge in [0.1, 0.15) is 0 Å². The van der Waals surface area contributed by atoms with Gasteiger partial charge in [-0.1, -0.05) is 6.07 Å². The summed E-state index contributed by atoms with van der Waals surface area (Å²) in [4.78, 5) is 0. The van der Waals surface area contributed by atoms with Crippen molar-refractivity contribution in [3.05, 3.63) is 46.3 Å². The molecule has 22 heavy (non-hydrogen) atoms. The van der Waals surface area contributed by atoms with Crippen LogP contribution in [0.3, 0.4) is 0 Å². The highest BCUT2D eigenvalue weighted by Gasteiger charge is 2.40. The van der Waals surface area contributed by atoms with Gasteiger partial charge in [0.05, 0.1) is 24.6 Å². The van der Waals surface area contributed by atoms with Gasteiger partial charge in [-0.3, -0.25) is 0 Å². The Hall–Kier alpha value is -1.82. The van der Waals surface area contributed by atoms with Crippen LogP contribution in [0.5, 0.6) is 0 Å². The van der Waals surface area contributed by atoms with Crippen molar-refractivity contribution in [3.63, 3.8) is 0 Å². The van der Waals surface area contributed by atoms with Crippen LogP contribution in [-0.2, 0) is 36.8 Å². The Morgan fingerprint density at radius 1 is 1.09 bits per heavy atom.